The second-order valence-electron chi connectivity index (χ2n) is 4.64. The van der Waals surface area contributed by atoms with Crippen molar-refractivity contribution in [2.45, 2.75) is 24.1 Å². The molecular formula is C12H19N3O3S2. The van der Waals surface area contributed by atoms with Crippen molar-refractivity contribution in [1.29, 1.82) is 0 Å². The molecule has 0 spiro atoms. The lowest BCUT2D eigenvalue weighted by Crippen LogP contribution is -2.33. The van der Waals surface area contributed by atoms with Gasteiger partial charge < -0.3 is 10.6 Å². The van der Waals surface area contributed by atoms with Crippen molar-refractivity contribution in [3.8, 4) is 0 Å². The summed E-state index contributed by atoms with van der Waals surface area (Å²) in [4.78, 5) is 11.7. The van der Waals surface area contributed by atoms with E-state index >= 15 is 0 Å². The van der Waals surface area contributed by atoms with E-state index in [0.29, 0.717) is 30.4 Å². The third-order valence-electron chi connectivity index (χ3n) is 3.04. The van der Waals surface area contributed by atoms with Crippen LogP contribution in [0.4, 0.5) is 0 Å². The average Bonchev–Trinajstić information content (AvgIpc) is 2.70. The highest BCUT2D eigenvalue weighted by atomic mass is 32.2. The van der Waals surface area contributed by atoms with Gasteiger partial charge in [-0.1, -0.05) is 0 Å². The Hall–Kier alpha value is -0.960. The first kappa shape index (κ1) is 15.4. The van der Waals surface area contributed by atoms with Crippen LogP contribution in [0, 0.1) is 0 Å². The van der Waals surface area contributed by atoms with Crippen molar-refractivity contribution in [1.82, 2.24) is 14.9 Å². The summed E-state index contributed by atoms with van der Waals surface area (Å²) in [6.45, 7) is 4.40. The van der Waals surface area contributed by atoms with E-state index in [-0.39, 0.29) is 5.91 Å². The Bertz CT molecular complexity index is 560. The first-order valence-electron chi connectivity index (χ1n) is 6.54. The smallest absolute Gasteiger partial charge is 0.252 e. The molecule has 1 aliphatic heterocycles. The van der Waals surface area contributed by atoms with Gasteiger partial charge in [0.15, 0.2) is 0 Å². The largest absolute Gasteiger partial charge is 0.351 e. The Labute approximate surface area is 123 Å². The SMILES string of the molecule is CC(=O)NCc1ccc(S(=O)(=O)N2CCCNCC2)s1. The van der Waals surface area contributed by atoms with Gasteiger partial charge in [-0.2, -0.15) is 4.31 Å². The van der Waals surface area contributed by atoms with E-state index in [2.05, 4.69) is 10.6 Å². The molecule has 0 bridgehead atoms. The molecule has 0 unspecified atom stereocenters. The van der Waals surface area contributed by atoms with Gasteiger partial charge in [0, 0.05) is 31.4 Å². The van der Waals surface area contributed by atoms with Crippen LogP contribution < -0.4 is 10.6 Å². The maximum absolute atomic E-state index is 12.5. The topological polar surface area (TPSA) is 78.5 Å². The third kappa shape index (κ3) is 3.78. The lowest BCUT2D eigenvalue weighted by molar-refractivity contribution is -0.119. The van der Waals surface area contributed by atoms with E-state index < -0.39 is 10.0 Å². The molecule has 2 heterocycles. The van der Waals surface area contributed by atoms with Crippen LogP contribution in [0.3, 0.4) is 0 Å². The monoisotopic (exact) mass is 317 g/mol. The van der Waals surface area contributed by atoms with Gasteiger partial charge in [-0.15, -0.1) is 11.3 Å². The van der Waals surface area contributed by atoms with Crippen LogP contribution in [0.25, 0.3) is 0 Å². The first-order valence-corrected chi connectivity index (χ1v) is 8.80. The van der Waals surface area contributed by atoms with E-state index in [1.807, 2.05) is 0 Å². The molecule has 20 heavy (non-hydrogen) atoms. The molecule has 1 aromatic rings. The highest BCUT2D eigenvalue weighted by Crippen LogP contribution is 2.25. The molecule has 0 radical (unpaired) electrons. The summed E-state index contributed by atoms with van der Waals surface area (Å²) in [5.74, 6) is -0.124. The van der Waals surface area contributed by atoms with Gasteiger partial charge in [-0.3, -0.25) is 4.79 Å². The molecule has 1 aliphatic rings. The van der Waals surface area contributed by atoms with Crippen LogP contribution in [0.1, 0.15) is 18.2 Å². The molecule has 112 valence electrons. The highest BCUT2D eigenvalue weighted by Gasteiger charge is 2.26. The second kappa shape index (κ2) is 6.66. The maximum atomic E-state index is 12.5. The second-order valence-corrected chi connectivity index (χ2v) is 7.97. The summed E-state index contributed by atoms with van der Waals surface area (Å²) in [5.41, 5.74) is 0. The zero-order chi connectivity index (χ0) is 14.6. The average molecular weight is 317 g/mol. The minimum atomic E-state index is -3.40. The summed E-state index contributed by atoms with van der Waals surface area (Å²) in [7, 11) is -3.40. The van der Waals surface area contributed by atoms with Crippen molar-refractivity contribution in [3.63, 3.8) is 0 Å². The van der Waals surface area contributed by atoms with Gasteiger partial charge in [-0.05, 0) is 25.1 Å². The van der Waals surface area contributed by atoms with Crippen LogP contribution in [0.5, 0.6) is 0 Å². The number of hydrogen-bond acceptors (Lipinski definition) is 5. The predicted molar refractivity (Wildman–Crippen MR) is 78.1 cm³/mol. The van der Waals surface area contributed by atoms with Crippen molar-refractivity contribution >= 4 is 27.3 Å². The van der Waals surface area contributed by atoms with Crippen molar-refractivity contribution < 1.29 is 13.2 Å². The number of thiophene rings is 1. The van der Waals surface area contributed by atoms with Gasteiger partial charge in [0.1, 0.15) is 4.21 Å². The molecule has 0 saturated carbocycles. The number of nitrogens with one attached hydrogen (secondary N) is 2. The number of amides is 1. The van der Waals surface area contributed by atoms with Crippen LogP contribution in [-0.2, 0) is 21.4 Å². The molecule has 6 nitrogen and oxygen atoms in total. The first-order chi connectivity index (χ1) is 9.50. The molecule has 1 fully saturated rings. The molecule has 2 N–H and O–H groups in total. The highest BCUT2D eigenvalue weighted by molar-refractivity contribution is 7.91. The summed E-state index contributed by atoms with van der Waals surface area (Å²) < 4.78 is 26.9. The summed E-state index contributed by atoms with van der Waals surface area (Å²) >= 11 is 1.22. The van der Waals surface area contributed by atoms with E-state index in [0.717, 1.165) is 17.8 Å². The Kier molecular flexibility index (Phi) is 5.14. The van der Waals surface area contributed by atoms with E-state index in [1.165, 1.54) is 22.6 Å². The minimum absolute atomic E-state index is 0.124. The fourth-order valence-corrected chi connectivity index (χ4v) is 4.92. The number of nitrogens with zero attached hydrogens (tertiary/aromatic N) is 1. The quantitative estimate of drug-likeness (QED) is 0.841. The van der Waals surface area contributed by atoms with Crippen molar-refractivity contribution in [3.05, 3.63) is 17.0 Å². The number of rotatable bonds is 4. The van der Waals surface area contributed by atoms with E-state index in [4.69, 9.17) is 0 Å². The standard InChI is InChI=1S/C12H19N3O3S2/c1-10(16)14-9-11-3-4-12(19-11)20(17,18)15-7-2-5-13-6-8-15/h3-4,13H,2,5-9H2,1H3,(H,14,16). The lowest BCUT2D eigenvalue weighted by Gasteiger charge is -2.18. The minimum Gasteiger partial charge on any atom is -0.351 e. The Morgan fingerprint density at radius 3 is 2.95 bits per heavy atom. The van der Waals surface area contributed by atoms with Gasteiger partial charge in [0.2, 0.25) is 5.91 Å². The maximum Gasteiger partial charge on any atom is 0.252 e. The Balaban J connectivity index is 2.10. The van der Waals surface area contributed by atoms with Crippen molar-refractivity contribution in [2.24, 2.45) is 0 Å². The fourth-order valence-electron chi connectivity index (χ4n) is 1.99. The lowest BCUT2D eigenvalue weighted by atomic mass is 10.4. The number of carbonyl (C=O) groups excluding carboxylic acids is 1. The number of carbonyl (C=O) groups is 1. The van der Waals surface area contributed by atoms with Crippen LogP contribution >= 0.6 is 11.3 Å². The summed E-state index contributed by atoms with van der Waals surface area (Å²) in [5, 5.41) is 5.86. The van der Waals surface area contributed by atoms with E-state index in [9.17, 15) is 13.2 Å². The number of hydrogen-bond donors (Lipinski definition) is 2. The van der Waals surface area contributed by atoms with Crippen molar-refractivity contribution in [2.75, 3.05) is 26.2 Å². The zero-order valence-electron chi connectivity index (χ0n) is 11.4. The predicted octanol–water partition coefficient (Wildman–Crippen LogP) is 0.368. The van der Waals surface area contributed by atoms with Crippen LogP contribution in [0.15, 0.2) is 16.3 Å². The molecule has 8 heteroatoms. The van der Waals surface area contributed by atoms with Gasteiger partial charge in [0.25, 0.3) is 10.0 Å². The molecule has 1 amide bonds. The van der Waals surface area contributed by atoms with Crippen LogP contribution in [-0.4, -0.2) is 44.8 Å². The van der Waals surface area contributed by atoms with E-state index in [1.54, 1.807) is 12.1 Å². The Morgan fingerprint density at radius 2 is 2.20 bits per heavy atom. The zero-order valence-corrected chi connectivity index (χ0v) is 13.0. The Morgan fingerprint density at radius 1 is 1.40 bits per heavy atom. The molecule has 0 aromatic carbocycles. The summed E-state index contributed by atoms with van der Waals surface area (Å²) in [6.07, 6.45) is 0.823. The molecule has 0 atom stereocenters. The molecule has 1 aromatic heterocycles. The normalized spacial score (nSPS) is 17.6. The number of sulfonamides is 1. The molecule has 2 rings (SSSR count). The van der Waals surface area contributed by atoms with Gasteiger partial charge >= 0.3 is 0 Å². The summed E-state index contributed by atoms with van der Waals surface area (Å²) in [6, 6.07) is 3.37. The van der Waals surface area contributed by atoms with Gasteiger partial charge in [0.05, 0.1) is 6.54 Å². The fraction of sp³-hybridized carbons (Fsp3) is 0.583. The molecular weight excluding hydrogens is 298 g/mol. The molecule has 1 saturated heterocycles. The molecule has 0 aliphatic carbocycles. The third-order valence-corrected chi connectivity index (χ3v) is 6.49. The van der Waals surface area contributed by atoms with Gasteiger partial charge in [-0.25, -0.2) is 8.42 Å². The van der Waals surface area contributed by atoms with Crippen LogP contribution in [0.2, 0.25) is 0 Å².